The zero-order chi connectivity index (χ0) is 10.3. The van der Waals surface area contributed by atoms with Crippen molar-refractivity contribution in [1.29, 1.82) is 0 Å². The zero-order valence-electron chi connectivity index (χ0n) is 7.86. The molecule has 0 radical (unpaired) electrons. The topological polar surface area (TPSA) is 80.4 Å². The summed E-state index contributed by atoms with van der Waals surface area (Å²) in [6.45, 7) is 2.03. The van der Waals surface area contributed by atoms with Gasteiger partial charge in [0, 0.05) is 22.3 Å². The largest absolute Gasteiger partial charge is 0.480 e. The summed E-state index contributed by atoms with van der Waals surface area (Å²) >= 11 is 0. The number of hydrogen-bond acceptors (Lipinski definition) is 3. The van der Waals surface area contributed by atoms with Crippen molar-refractivity contribution in [3.8, 4) is 0 Å². The quantitative estimate of drug-likeness (QED) is 0.630. The molecule has 13 heavy (non-hydrogen) atoms. The average molecular weight is 207 g/mol. The van der Waals surface area contributed by atoms with Crippen molar-refractivity contribution < 1.29 is 14.1 Å². The first-order valence-corrected chi connectivity index (χ1v) is 5.90. The van der Waals surface area contributed by atoms with Crippen LogP contribution in [-0.2, 0) is 15.6 Å². The van der Waals surface area contributed by atoms with E-state index >= 15 is 0 Å². The number of carboxylic acids is 1. The second-order valence-electron chi connectivity index (χ2n) is 2.94. The van der Waals surface area contributed by atoms with Gasteiger partial charge in [0.05, 0.1) is 0 Å². The molecular weight excluding hydrogens is 190 g/mol. The fraction of sp³-hybridized carbons (Fsp3) is 0.875. The minimum Gasteiger partial charge on any atom is -0.480 e. The molecule has 0 rings (SSSR count). The van der Waals surface area contributed by atoms with Gasteiger partial charge in [-0.15, -0.1) is 0 Å². The van der Waals surface area contributed by atoms with E-state index < -0.39 is 22.8 Å². The summed E-state index contributed by atoms with van der Waals surface area (Å²) in [4.78, 5) is 10.3. The van der Waals surface area contributed by atoms with Gasteiger partial charge in [0.15, 0.2) is 0 Å². The van der Waals surface area contributed by atoms with Crippen LogP contribution in [-0.4, -0.2) is 32.8 Å². The molecule has 0 heterocycles. The molecule has 0 aliphatic heterocycles. The van der Waals surface area contributed by atoms with Gasteiger partial charge in [-0.25, -0.2) is 0 Å². The van der Waals surface area contributed by atoms with E-state index in [-0.39, 0.29) is 0 Å². The Morgan fingerprint density at radius 1 is 1.54 bits per heavy atom. The van der Waals surface area contributed by atoms with Gasteiger partial charge in [-0.05, 0) is 12.8 Å². The maximum absolute atomic E-state index is 11.2. The molecule has 0 bridgehead atoms. The Morgan fingerprint density at radius 3 is 2.62 bits per heavy atom. The molecule has 0 saturated heterocycles. The fourth-order valence-electron chi connectivity index (χ4n) is 0.789. The van der Waals surface area contributed by atoms with Crippen molar-refractivity contribution in [2.24, 2.45) is 5.73 Å². The van der Waals surface area contributed by atoms with E-state index in [0.717, 1.165) is 12.8 Å². The molecule has 4 nitrogen and oxygen atoms in total. The number of rotatable bonds is 7. The summed E-state index contributed by atoms with van der Waals surface area (Å²) in [6, 6.07) is -0.870. The van der Waals surface area contributed by atoms with Gasteiger partial charge in [0.1, 0.15) is 6.04 Å². The number of nitrogens with two attached hydrogens (primary N) is 1. The molecule has 0 aliphatic carbocycles. The first-order chi connectivity index (χ1) is 6.07. The molecule has 0 aromatic rings. The Hall–Kier alpha value is -0.420. The molecule has 0 amide bonds. The Kier molecular flexibility index (Phi) is 6.80. The standard InChI is InChI=1S/C8H17NO3S/c1-2-3-5-13(12)6-4-7(9)8(10)11/h7H,2-6,9H2,1H3,(H,10,11)/t7-,13-/m1/s1. The van der Waals surface area contributed by atoms with Crippen molar-refractivity contribution in [3.05, 3.63) is 0 Å². The lowest BCUT2D eigenvalue weighted by molar-refractivity contribution is -0.138. The normalized spacial score (nSPS) is 15.2. The second kappa shape index (κ2) is 7.03. The van der Waals surface area contributed by atoms with Crippen LogP contribution in [0.5, 0.6) is 0 Å². The van der Waals surface area contributed by atoms with E-state index in [1.807, 2.05) is 6.92 Å². The second-order valence-corrected chi connectivity index (χ2v) is 4.63. The van der Waals surface area contributed by atoms with Crippen LogP contribution in [0.1, 0.15) is 26.2 Å². The Balaban J connectivity index is 3.52. The van der Waals surface area contributed by atoms with Crippen LogP contribution < -0.4 is 5.73 Å². The molecule has 0 aromatic carbocycles. The highest BCUT2D eigenvalue weighted by Gasteiger charge is 2.12. The Labute approximate surface area is 81.0 Å². The molecule has 0 aliphatic rings. The van der Waals surface area contributed by atoms with Gasteiger partial charge in [-0.1, -0.05) is 13.3 Å². The highest BCUT2D eigenvalue weighted by molar-refractivity contribution is 7.84. The van der Waals surface area contributed by atoms with Gasteiger partial charge in [0.25, 0.3) is 0 Å². The van der Waals surface area contributed by atoms with E-state index in [2.05, 4.69) is 0 Å². The van der Waals surface area contributed by atoms with Crippen molar-refractivity contribution in [2.75, 3.05) is 11.5 Å². The summed E-state index contributed by atoms with van der Waals surface area (Å²) < 4.78 is 11.2. The molecule has 0 spiro atoms. The fourth-order valence-corrected chi connectivity index (χ4v) is 2.12. The van der Waals surface area contributed by atoms with Crippen LogP contribution in [0.15, 0.2) is 0 Å². The van der Waals surface area contributed by atoms with Crippen LogP contribution in [0.4, 0.5) is 0 Å². The van der Waals surface area contributed by atoms with Gasteiger partial charge in [-0.2, -0.15) is 0 Å². The van der Waals surface area contributed by atoms with E-state index in [9.17, 15) is 9.00 Å². The first kappa shape index (κ1) is 12.6. The van der Waals surface area contributed by atoms with E-state index in [1.165, 1.54) is 0 Å². The van der Waals surface area contributed by atoms with Gasteiger partial charge in [0.2, 0.25) is 0 Å². The number of unbranched alkanes of at least 4 members (excludes halogenated alkanes) is 1. The van der Waals surface area contributed by atoms with Crippen molar-refractivity contribution in [3.63, 3.8) is 0 Å². The van der Waals surface area contributed by atoms with E-state index in [1.54, 1.807) is 0 Å². The Bertz CT molecular complexity index is 184. The van der Waals surface area contributed by atoms with Gasteiger partial charge >= 0.3 is 5.97 Å². The number of aliphatic carboxylic acids is 1. The summed E-state index contributed by atoms with van der Waals surface area (Å²) in [6.07, 6.45) is 2.23. The summed E-state index contributed by atoms with van der Waals surface area (Å²) in [7, 11) is -0.900. The molecule has 78 valence electrons. The van der Waals surface area contributed by atoms with Crippen molar-refractivity contribution in [2.45, 2.75) is 32.2 Å². The molecule has 5 heteroatoms. The molecular formula is C8H17NO3S. The monoisotopic (exact) mass is 207 g/mol. The first-order valence-electron chi connectivity index (χ1n) is 4.41. The molecule has 0 saturated carbocycles. The minimum absolute atomic E-state index is 0.297. The van der Waals surface area contributed by atoms with Crippen LogP contribution in [0.2, 0.25) is 0 Å². The minimum atomic E-state index is -1.02. The lowest BCUT2D eigenvalue weighted by atomic mass is 10.2. The van der Waals surface area contributed by atoms with Crippen LogP contribution in [0, 0.1) is 0 Å². The third kappa shape index (κ3) is 6.72. The van der Waals surface area contributed by atoms with Gasteiger partial charge in [-0.3, -0.25) is 9.00 Å². The maximum atomic E-state index is 11.2. The van der Waals surface area contributed by atoms with Crippen molar-refractivity contribution >= 4 is 16.8 Å². The molecule has 2 atom stereocenters. The highest BCUT2D eigenvalue weighted by Crippen LogP contribution is 1.96. The number of carbonyl (C=O) groups is 1. The van der Waals surface area contributed by atoms with E-state index in [0.29, 0.717) is 17.9 Å². The van der Waals surface area contributed by atoms with Gasteiger partial charge < -0.3 is 10.8 Å². The summed E-state index contributed by atoms with van der Waals surface area (Å²) in [5.41, 5.74) is 5.26. The predicted octanol–water partition coefficient (Wildman–Crippen LogP) is 0.337. The SMILES string of the molecule is CCCC[S@@](=O)CC[C@@H](N)C(=O)O. The average Bonchev–Trinajstić information content (AvgIpc) is 2.10. The van der Waals surface area contributed by atoms with Crippen LogP contribution in [0.25, 0.3) is 0 Å². The highest BCUT2D eigenvalue weighted by atomic mass is 32.2. The maximum Gasteiger partial charge on any atom is 0.320 e. The lowest BCUT2D eigenvalue weighted by Gasteiger charge is -2.05. The van der Waals surface area contributed by atoms with Crippen LogP contribution in [0.3, 0.4) is 0 Å². The smallest absolute Gasteiger partial charge is 0.320 e. The predicted molar refractivity (Wildman–Crippen MR) is 53.0 cm³/mol. The number of carboxylic acid groups (broad SMARTS) is 1. The van der Waals surface area contributed by atoms with Crippen LogP contribution >= 0.6 is 0 Å². The Morgan fingerprint density at radius 2 is 2.15 bits per heavy atom. The number of hydrogen-bond donors (Lipinski definition) is 2. The molecule has 0 unspecified atom stereocenters. The third-order valence-corrected chi connectivity index (χ3v) is 3.13. The van der Waals surface area contributed by atoms with Crippen molar-refractivity contribution in [1.82, 2.24) is 0 Å². The third-order valence-electron chi connectivity index (χ3n) is 1.70. The summed E-state index contributed by atoms with van der Waals surface area (Å²) in [5, 5.41) is 8.45. The molecule has 0 fully saturated rings. The zero-order valence-corrected chi connectivity index (χ0v) is 8.68. The molecule has 3 N–H and O–H groups in total. The lowest BCUT2D eigenvalue weighted by Crippen LogP contribution is -2.31. The molecule has 0 aromatic heterocycles. The summed E-state index contributed by atoms with van der Waals surface area (Å²) in [5.74, 6) is 0.0310. The van der Waals surface area contributed by atoms with E-state index in [4.69, 9.17) is 10.8 Å².